The zero-order valence-corrected chi connectivity index (χ0v) is 17.8. The average molecular weight is 446 g/mol. The van der Waals surface area contributed by atoms with Crippen molar-refractivity contribution in [2.75, 3.05) is 5.32 Å². The standard InChI is InChI=1S/C26H18N6O2/c33-25-20-16-28-31-23(20)19-15-27-26(30-24(19)32(25)17-9-3-1-4-10-17)29-21-13-7-8-14-22(21)34-18-11-5-2-6-12-18/h1-16H,(H,28,31)(H,27,29,30). The minimum Gasteiger partial charge on any atom is -0.455 e. The van der Waals surface area contributed by atoms with Gasteiger partial charge in [0.1, 0.15) is 5.75 Å². The van der Waals surface area contributed by atoms with Gasteiger partial charge in [-0.2, -0.15) is 10.1 Å². The van der Waals surface area contributed by atoms with Crippen molar-refractivity contribution in [3.63, 3.8) is 0 Å². The van der Waals surface area contributed by atoms with E-state index >= 15 is 0 Å². The molecule has 3 aromatic heterocycles. The molecule has 2 N–H and O–H groups in total. The topological polar surface area (TPSA) is 97.7 Å². The highest BCUT2D eigenvalue weighted by atomic mass is 16.5. The van der Waals surface area contributed by atoms with E-state index in [0.717, 1.165) is 5.75 Å². The maximum absolute atomic E-state index is 13.3. The summed E-state index contributed by atoms with van der Waals surface area (Å²) in [5, 5.41) is 11.4. The number of fused-ring (bicyclic) bond motifs is 3. The summed E-state index contributed by atoms with van der Waals surface area (Å²) in [6.45, 7) is 0. The van der Waals surface area contributed by atoms with Gasteiger partial charge >= 0.3 is 0 Å². The van der Waals surface area contributed by atoms with Gasteiger partial charge in [0.25, 0.3) is 5.56 Å². The molecule has 8 heteroatoms. The number of aromatic nitrogens is 5. The first-order valence-corrected chi connectivity index (χ1v) is 10.7. The van der Waals surface area contributed by atoms with Gasteiger partial charge in [0.15, 0.2) is 11.4 Å². The Morgan fingerprint density at radius 3 is 2.38 bits per heavy atom. The third-order valence-corrected chi connectivity index (χ3v) is 5.44. The zero-order valence-electron chi connectivity index (χ0n) is 17.8. The Labute approximate surface area is 193 Å². The summed E-state index contributed by atoms with van der Waals surface area (Å²) in [5.41, 5.74) is 2.26. The molecule has 0 fully saturated rings. The molecule has 164 valence electrons. The van der Waals surface area contributed by atoms with Crippen LogP contribution in [0.1, 0.15) is 0 Å². The van der Waals surface area contributed by atoms with Gasteiger partial charge in [0, 0.05) is 6.20 Å². The maximum atomic E-state index is 13.3. The summed E-state index contributed by atoms with van der Waals surface area (Å²) in [6.07, 6.45) is 3.21. The number of ether oxygens (including phenoxy) is 1. The molecule has 0 amide bonds. The fourth-order valence-corrected chi connectivity index (χ4v) is 3.86. The third kappa shape index (κ3) is 3.43. The lowest BCUT2D eigenvalue weighted by Crippen LogP contribution is -2.20. The lowest BCUT2D eigenvalue weighted by atomic mass is 10.2. The number of aromatic amines is 1. The number of pyridine rings is 1. The smallest absolute Gasteiger partial charge is 0.267 e. The molecule has 0 aliphatic rings. The first kappa shape index (κ1) is 19.7. The molecule has 3 aromatic carbocycles. The maximum Gasteiger partial charge on any atom is 0.267 e. The molecule has 0 bridgehead atoms. The number of hydrogen-bond donors (Lipinski definition) is 2. The fourth-order valence-electron chi connectivity index (χ4n) is 3.86. The molecule has 0 unspecified atom stereocenters. The van der Waals surface area contributed by atoms with Crippen LogP contribution in [0, 0.1) is 0 Å². The number of rotatable bonds is 5. The molecule has 0 saturated heterocycles. The number of nitrogens with one attached hydrogen (secondary N) is 2. The van der Waals surface area contributed by atoms with E-state index in [9.17, 15) is 4.79 Å². The summed E-state index contributed by atoms with van der Waals surface area (Å²) in [6, 6.07) is 26.5. The van der Waals surface area contributed by atoms with Crippen LogP contribution in [0.25, 0.3) is 27.6 Å². The summed E-state index contributed by atoms with van der Waals surface area (Å²) in [4.78, 5) is 22.6. The van der Waals surface area contributed by atoms with Crippen LogP contribution in [0.3, 0.4) is 0 Å². The largest absolute Gasteiger partial charge is 0.455 e. The van der Waals surface area contributed by atoms with Crippen molar-refractivity contribution < 1.29 is 4.74 Å². The molecule has 0 spiro atoms. The van der Waals surface area contributed by atoms with Crippen molar-refractivity contribution in [3.05, 3.63) is 108 Å². The Morgan fingerprint density at radius 2 is 1.56 bits per heavy atom. The van der Waals surface area contributed by atoms with Gasteiger partial charge in [-0.3, -0.25) is 14.5 Å². The Morgan fingerprint density at radius 1 is 0.824 bits per heavy atom. The van der Waals surface area contributed by atoms with Crippen LogP contribution >= 0.6 is 0 Å². The Hall–Kier alpha value is -4.98. The van der Waals surface area contributed by atoms with Gasteiger partial charge in [0.05, 0.1) is 33.9 Å². The van der Waals surface area contributed by atoms with Crippen LogP contribution in [0.2, 0.25) is 0 Å². The number of hydrogen-bond acceptors (Lipinski definition) is 6. The van der Waals surface area contributed by atoms with Gasteiger partial charge in [-0.25, -0.2) is 4.98 Å². The second-order valence-corrected chi connectivity index (χ2v) is 7.60. The van der Waals surface area contributed by atoms with Crippen LogP contribution in [-0.2, 0) is 0 Å². The third-order valence-electron chi connectivity index (χ3n) is 5.44. The monoisotopic (exact) mass is 446 g/mol. The minimum atomic E-state index is -0.208. The number of H-pyrrole nitrogens is 1. The van der Waals surface area contributed by atoms with Gasteiger partial charge < -0.3 is 10.1 Å². The summed E-state index contributed by atoms with van der Waals surface area (Å²) < 4.78 is 7.62. The number of para-hydroxylation sites is 4. The Balaban J connectivity index is 1.48. The molecular formula is C26H18N6O2. The quantitative estimate of drug-likeness (QED) is 0.378. The van der Waals surface area contributed by atoms with E-state index in [1.54, 1.807) is 10.8 Å². The molecule has 8 nitrogen and oxygen atoms in total. The Bertz CT molecular complexity index is 1680. The molecule has 0 atom stereocenters. The first-order chi connectivity index (χ1) is 16.8. The van der Waals surface area contributed by atoms with E-state index in [1.165, 1.54) is 6.20 Å². The predicted octanol–water partition coefficient (Wildman–Crippen LogP) is 5.19. The van der Waals surface area contributed by atoms with Crippen LogP contribution < -0.4 is 15.6 Å². The van der Waals surface area contributed by atoms with Crippen molar-refractivity contribution in [2.45, 2.75) is 0 Å². The van der Waals surface area contributed by atoms with E-state index < -0.39 is 0 Å². The minimum absolute atomic E-state index is 0.208. The predicted molar refractivity (Wildman–Crippen MR) is 131 cm³/mol. The van der Waals surface area contributed by atoms with Crippen molar-refractivity contribution in [3.8, 4) is 17.2 Å². The first-order valence-electron chi connectivity index (χ1n) is 10.7. The molecule has 6 rings (SSSR count). The highest BCUT2D eigenvalue weighted by molar-refractivity contribution is 6.02. The number of benzene rings is 3. The zero-order chi connectivity index (χ0) is 22.9. The second-order valence-electron chi connectivity index (χ2n) is 7.60. The van der Waals surface area contributed by atoms with E-state index in [-0.39, 0.29) is 5.56 Å². The second kappa shape index (κ2) is 8.18. The summed E-state index contributed by atoms with van der Waals surface area (Å²) in [7, 11) is 0. The van der Waals surface area contributed by atoms with E-state index in [4.69, 9.17) is 9.72 Å². The number of nitrogens with zero attached hydrogens (tertiary/aromatic N) is 4. The summed E-state index contributed by atoms with van der Waals surface area (Å²) in [5.74, 6) is 1.68. The molecule has 0 saturated carbocycles. The summed E-state index contributed by atoms with van der Waals surface area (Å²) >= 11 is 0. The van der Waals surface area contributed by atoms with Crippen LogP contribution in [-0.4, -0.2) is 24.7 Å². The molecule has 3 heterocycles. The SMILES string of the molecule is O=c1c2cn[nH]c2c2cnc(Nc3ccccc3Oc3ccccc3)nc2n1-c1ccccc1. The molecule has 6 aromatic rings. The van der Waals surface area contributed by atoms with Crippen LogP contribution in [0.15, 0.2) is 102 Å². The van der Waals surface area contributed by atoms with Gasteiger partial charge in [0.2, 0.25) is 5.95 Å². The van der Waals surface area contributed by atoms with E-state index in [0.29, 0.717) is 45.0 Å². The highest BCUT2D eigenvalue weighted by Crippen LogP contribution is 2.31. The molecule has 0 aliphatic carbocycles. The highest BCUT2D eigenvalue weighted by Gasteiger charge is 2.16. The van der Waals surface area contributed by atoms with Crippen molar-refractivity contribution in [1.82, 2.24) is 24.7 Å². The Kier molecular flexibility index (Phi) is 4.73. The van der Waals surface area contributed by atoms with Gasteiger partial charge in [-0.05, 0) is 36.4 Å². The lowest BCUT2D eigenvalue weighted by molar-refractivity contribution is 0.485. The van der Waals surface area contributed by atoms with Gasteiger partial charge in [-0.1, -0.05) is 48.5 Å². The van der Waals surface area contributed by atoms with Crippen LogP contribution in [0.5, 0.6) is 11.5 Å². The van der Waals surface area contributed by atoms with Crippen LogP contribution in [0.4, 0.5) is 11.6 Å². The average Bonchev–Trinajstić information content (AvgIpc) is 3.37. The van der Waals surface area contributed by atoms with E-state index in [1.807, 2.05) is 84.9 Å². The normalized spacial score (nSPS) is 11.1. The van der Waals surface area contributed by atoms with Crippen molar-refractivity contribution >= 4 is 33.6 Å². The fraction of sp³-hybridized carbons (Fsp3) is 0. The van der Waals surface area contributed by atoms with Gasteiger partial charge in [-0.15, -0.1) is 0 Å². The van der Waals surface area contributed by atoms with Crippen molar-refractivity contribution in [1.29, 1.82) is 0 Å². The van der Waals surface area contributed by atoms with Crippen molar-refractivity contribution in [2.24, 2.45) is 0 Å². The molecule has 0 aliphatic heterocycles. The number of anilines is 2. The molecule has 0 radical (unpaired) electrons. The molecule has 34 heavy (non-hydrogen) atoms. The van der Waals surface area contributed by atoms with E-state index in [2.05, 4.69) is 20.5 Å². The molecular weight excluding hydrogens is 428 g/mol. The lowest BCUT2D eigenvalue weighted by Gasteiger charge is -2.14.